The van der Waals surface area contributed by atoms with E-state index in [1.54, 1.807) is 27.7 Å². The van der Waals surface area contributed by atoms with Crippen molar-refractivity contribution in [1.29, 1.82) is 5.26 Å². The van der Waals surface area contributed by atoms with Crippen molar-refractivity contribution in [2.45, 2.75) is 91.2 Å². The molecule has 0 aliphatic heterocycles. The molecule has 8 nitrogen and oxygen atoms in total. The Labute approximate surface area is 155 Å². The van der Waals surface area contributed by atoms with Crippen LogP contribution in [0.5, 0.6) is 0 Å². The molecular formula is C18H31N3O5. The molecule has 0 aliphatic carbocycles. The quantitative estimate of drug-likeness (QED) is 0.663. The van der Waals surface area contributed by atoms with Gasteiger partial charge in [0, 0.05) is 6.42 Å². The maximum Gasteiger partial charge on any atom is 0.331 e. The lowest BCUT2D eigenvalue weighted by molar-refractivity contribution is -0.164. The highest BCUT2D eigenvalue weighted by Crippen LogP contribution is 2.16. The van der Waals surface area contributed by atoms with Gasteiger partial charge < -0.3 is 20.1 Å². The summed E-state index contributed by atoms with van der Waals surface area (Å²) in [6, 6.07) is -0.979. The van der Waals surface area contributed by atoms with Crippen molar-refractivity contribution in [2.75, 3.05) is 0 Å². The summed E-state index contributed by atoms with van der Waals surface area (Å²) in [5.74, 6) is -0.880. The summed E-state index contributed by atoms with van der Waals surface area (Å²) in [4.78, 5) is 35.8. The Morgan fingerprint density at radius 1 is 1.04 bits per heavy atom. The van der Waals surface area contributed by atoms with Crippen LogP contribution in [-0.2, 0) is 19.1 Å². The minimum absolute atomic E-state index is 0.116. The number of nitrogens with one attached hydrogen (secondary N) is 2. The Bertz CT molecular complexity index is 555. The normalized spacial score (nSPS) is 15.2. The van der Waals surface area contributed by atoms with Gasteiger partial charge in [-0.25, -0.2) is 9.59 Å². The summed E-state index contributed by atoms with van der Waals surface area (Å²) in [6.45, 7) is 13.6. The summed E-state index contributed by atoms with van der Waals surface area (Å²) >= 11 is 0. The van der Waals surface area contributed by atoms with Crippen LogP contribution in [0.4, 0.5) is 4.79 Å². The number of nitrogens with zero attached hydrogens (tertiary/aromatic N) is 1. The molecule has 0 fully saturated rings. The molecule has 26 heavy (non-hydrogen) atoms. The van der Waals surface area contributed by atoms with Gasteiger partial charge in [-0.2, -0.15) is 5.26 Å². The van der Waals surface area contributed by atoms with E-state index in [2.05, 4.69) is 10.6 Å². The number of esters is 1. The lowest BCUT2D eigenvalue weighted by Gasteiger charge is -2.32. The Morgan fingerprint density at radius 2 is 1.58 bits per heavy atom. The lowest BCUT2D eigenvalue weighted by Crippen LogP contribution is -2.56. The molecule has 1 unspecified atom stereocenters. The zero-order chi connectivity index (χ0) is 20.7. The van der Waals surface area contributed by atoms with Crippen molar-refractivity contribution < 1.29 is 23.9 Å². The highest BCUT2D eigenvalue weighted by Gasteiger charge is 2.34. The van der Waals surface area contributed by atoms with Gasteiger partial charge in [0.1, 0.15) is 17.4 Å². The van der Waals surface area contributed by atoms with Crippen LogP contribution in [-0.4, -0.2) is 47.2 Å². The second-order valence-electron chi connectivity index (χ2n) is 8.15. The SMILES string of the molecule is CC(=O)C[C@@H](C#N)NC(=O)N[C@H](C(=O)OC(C)(C)C)C(C)OC(C)(C)C. The molecule has 0 aromatic heterocycles. The smallest absolute Gasteiger partial charge is 0.331 e. The molecule has 8 heteroatoms. The lowest BCUT2D eigenvalue weighted by atomic mass is 10.1. The first kappa shape index (κ1) is 23.9. The van der Waals surface area contributed by atoms with Crippen LogP contribution in [0.3, 0.4) is 0 Å². The molecule has 0 heterocycles. The molecule has 0 spiro atoms. The zero-order valence-electron chi connectivity index (χ0n) is 16.9. The van der Waals surface area contributed by atoms with E-state index in [1.807, 2.05) is 26.8 Å². The van der Waals surface area contributed by atoms with E-state index in [0.29, 0.717) is 0 Å². The molecule has 3 atom stereocenters. The summed E-state index contributed by atoms with van der Waals surface area (Å²) in [5, 5.41) is 13.9. The van der Waals surface area contributed by atoms with Gasteiger partial charge in [-0.1, -0.05) is 0 Å². The second-order valence-corrected chi connectivity index (χ2v) is 8.15. The third-order valence-corrected chi connectivity index (χ3v) is 2.91. The topological polar surface area (TPSA) is 118 Å². The van der Waals surface area contributed by atoms with Gasteiger partial charge in [0.25, 0.3) is 0 Å². The molecule has 148 valence electrons. The predicted molar refractivity (Wildman–Crippen MR) is 96.3 cm³/mol. The Hall–Kier alpha value is -2.14. The van der Waals surface area contributed by atoms with Crippen molar-refractivity contribution in [3.8, 4) is 6.07 Å². The fraction of sp³-hybridized carbons (Fsp3) is 0.778. The molecule has 0 bridgehead atoms. The van der Waals surface area contributed by atoms with Crippen LogP contribution in [0, 0.1) is 11.3 Å². The first-order valence-electron chi connectivity index (χ1n) is 8.51. The number of rotatable bonds is 7. The van der Waals surface area contributed by atoms with Crippen molar-refractivity contribution >= 4 is 17.8 Å². The Balaban J connectivity index is 5.21. The highest BCUT2D eigenvalue weighted by atomic mass is 16.6. The van der Waals surface area contributed by atoms with Gasteiger partial charge in [-0.15, -0.1) is 0 Å². The van der Waals surface area contributed by atoms with E-state index < -0.39 is 41.4 Å². The summed E-state index contributed by atoms with van der Waals surface area (Å²) in [5.41, 5.74) is -1.28. The third-order valence-electron chi connectivity index (χ3n) is 2.91. The maximum absolute atomic E-state index is 12.5. The van der Waals surface area contributed by atoms with Crippen LogP contribution in [0.25, 0.3) is 0 Å². The van der Waals surface area contributed by atoms with Crippen molar-refractivity contribution in [3.63, 3.8) is 0 Å². The standard InChI is InChI=1S/C18H31N3O5/c1-11(22)9-13(10-19)20-16(24)21-14(12(2)25-17(3,4)5)15(23)26-18(6,7)8/h12-14H,9H2,1-8H3,(H2,20,21,24)/t12?,13-,14-/m0/s1. The van der Waals surface area contributed by atoms with Crippen molar-refractivity contribution in [2.24, 2.45) is 0 Å². The van der Waals surface area contributed by atoms with Gasteiger partial charge in [0.05, 0.1) is 17.8 Å². The monoisotopic (exact) mass is 369 g/mol. The van der Waals surface area contributed by atoms with Crippen molar-refractivity contribution in [1.82, 2.24) is 10.6 Å². The Kier molecular flexibility index (Phi) is 8.74. The first-order chi connectivity index (χ1) is 11.6. The molecule has 2 N–H and O–H groups in total. The number of ether oxygens (including phenoxy) is 2. The van der Waals surface area contributed by atoms with E-state index in [9.17, 15) is 14.4 Å². The third kappa shape index (κ3) is 10.7. The molecular weight excluding hydrogens is 338 g/mol. The molecule has 0 radical (unpaired) electrons. The number of Topliss-reactive ketones (excluding diaryl/α,β-unsaturated/α-hetero) is 1. The van der Waals surface area contributed by atoms with E-state index in [1.165, 1.54) is 6.92 Å². The van der Waals surface area contributed by atoms with Crippen LogP contribution < -0.4 is 10.6 Å². The van der Waals surface area contributed by atoms with Crippen molar-refractivity contribution in [3.05, 3.63) is 0 Å². The number of carbonyl (C=O) groups excluding carboxylic acids is 3. The zero-order valence-corrected chi connectivity index (χ0v) is 16.9. The second kappa shape index (κ2) is 9.53. The number of ketones is 1. The summed E-state index contributed by atoms with van der Waals surface area (Å²) in [6.07, 6.45) is -0.793. The molecule has 0 saturated heterocycles. The van der Waals surface area contributed by atoms with E-state index in [4.69, 9.17) is 14.7 Å². The van der Waals surface area contributed by atoms with Crippen LogP contribution >= 0.6 is 0 Å². The highest BCUT2D eigenvalue weighted by molar-refractivity contribution is 5.85. The number of carbonyl (C=O) groups is 3. The van der Waals surface area contributed by atoms with E-state index >= 15 is 0 Å². The van der Waals surface area contributed by atoms with E-state index in [-0.39, 0.29) is 12.2 Å². The molecule has 0 aromatic carbocycles. The predicted octanol–water partition coefficient (Wildman–Crippen LogP) is 2.07. The number of amides is 2. The molecule has 0 saturated carbocycles. The number of hydrogen-bond acceptors (Lipinski definition) is 6. The largest absolute Gasteiger partial charge is 0.458 e. The number of urea groups is 1. The van der Waals surface area contributed by atoms with Crippen LogP contribution in [0.2, 0.25) is 0 Å². The molecule has 0 rings (SSSR count). The number of nitriles is 1. The maximum atomic E-state index is 12.5. The van der Waals surface area contributed by atoms with Gasteiger partial charge in [-0.3, -0.25) is 4.79 Å². The van der Waals surface area contributed by atoms with Gasteiger partial charge >= 0.3 is 12.0 Å². The van der Waals surface area contributed by atoms with E-state index in [0.717, 1.165) is 0 Å². The number of hydrogen-bond donors (Lipinski definition) is 2. The van der Waals surface area contributed by atoms with Crippen LogP contribution in [0.15, 0.2) is 0 Å². The average molecular weight is 369 g/mol. The average Bonchev–Trinajstić information content (AvgIpc) is 2.39. The molecule has 0 aliphatic rings. The fourth-order valence-corrected chi connectivity index (χ4v) is 2.12. The summed E-state index contributed by atoms with van der Waals surface area (Å²) in [7, 11) is 0. The molecule has 2 amide bonds. The molecule has 0 aromatic rings. The minimum atomic E-state index is -1.08. The van der Waals surface area contributed by atoms with Gasteiger partial charge in [0.2, 0.25) is 0 Å². The first-order valence-corrected chi connectivity index (χ1v) is 8.51. The Morgan fingerprint density at radius 3 is 1.96 bits per heavy atom. The van der Waals surface area contributed by atoms with Gasteiger partial charge in [-0.05, 0) is 55.4 Å². The van der Waals surface area contributed by atoms with Gasteiger partial charge in [0.15, 0.2) is 6.04 Å². The minimum Gasteiger partial charge on any atom is -0.458 e. The fourth-order valence-electron chi connectivity index (χ4n) is 2.12. The summed E-state index contributed by atoms with van der Waals surface area (Å²) < 4.78 is 11.1. The van der Waals surface area contributed by atoms with Crippen LogP contribution in [0.1, 0.15) is 61.8 Å².